The summed E-state index contributed by atoms with van der Waals surface area (Å²) in [5.41, 5.74) is 0. The summed E-state index contributed by atoms with van der Waals surface area (Å²) < 4.78 is 5.62. The summed E-state index contributed by atoms with van der Waals surface area (Å²) in [6.45, 7) is 3.47. The fraction of sp³-hybridized carbons (Fsp3) is 0.917. The first-order valence-corrected chi connectivity index (χ1v) is 6.46. The fourth-order valence-electron chi connectivity index (χ4n) is 2.41. The highest BCUT2D eigenvalue weighted by atomic mass is 16.5. The highest BCUT2D eigenvalue weighted by Gasteiger charge is 2.22. The highest BCUT2D eigenvalue weighted by molar-refractivity contribution is 5.79. The topological polar surface area (TPSA) is 50.4 Å². The maximum Gasteiger partial charge on any atom is 0.224 e. The van der Waals surface area contributed by atoms with Crippen LogP contribution in [0, 0.1) is 5.92 Å². The summed E-state index contributed by atoms with van der Waals surface area (Å²) in [5, 5.41) is 6.22. The van der Waals surface area contributed by atoms with Crippen molar-refractivity contribution in [3.8, 4) is 0 Å². The molecule has 0 saturated carbocycles. The van der Waals surface area contributed by atoms with Gasteiger partial charge in [-0.15, -0.1) is 0 Å². The monoisotopic (exact) mass is 226 g/mol. The zero-order valence-electron chi connectivity index (χ0n) is 9.84. The summed E-state index contributed by atoms with van der Waals surface area (Å²) in [6, 6.07) is 0. The van der Waals surface area contributed by atoms with E-state index in [-0.39, 0.29) is 11.8 Å². The van der Waals surface area contributed by atoms with Crippen molar-refractivity contribution in [2.45, 2.75) is 38.2 Å². The van der Waals surface area contributed by atoms with Crippen molar-refractivity contribution in [3.05, 3.63) is 0 Å². The average molecular weight is 226 g/mol. The number of ether oxygens (including phenoxy) is 1. The molecule has 0 bridgehead atoms. The van der Waals surface area contributed by atoms with Crippen molar-refractivity contribution < 1.29 is 9.53 Å². The van der Waals surface area contributed by atoms with Gasteiger partial charge in [-0.05, 0) is 38.6 Å². The maximum atomic E-state index is 11.7. The third-order valence-corrected chi connectivity index (χ3v) is 3.47. The summed E-state index contributed by atoms with van der Waals surface area (Å²) in [5.74, 6) is 0.396. The molecular formula is C12H22N2O2. The van der Waals surface area contributed by atoms with Gasteiger partial charge in [0.2, 0.25) is 5.91 Å². The SMILES string of the molecule is O=C(NCCC1CCCCO1)C1CCNC1. The number of amides is 1. The first kappa shape index (κ1) is 11.9. The van der Waals surface area contributed by atoms with Crippen LogP contribution in [0.1, 0.15) is 32.1 Å². The number of hydrogen-bond donors (Lipinski definition) is 2. The molecule has 2 aliphatic heterocycles. The summed E-state index contributed by atoms with van der Waals surface area (Å²) in [6.07, 6.45) is 5.93. The van der Waals surface area contributed by atoms with Crippen LogP contribution >= 0.6 is 0 Å². The molecule has 0 aromatic rings. The zero-order chi connectivity index (χ0) is 11.2. The molecule has 0 radical (unpaired) electrons. The van der Waals surface area contributed by atoms with Gasteiger partial charge in [-0.1, -0.05) is 0 Å². The molecule has 0 spiro atoms. The predicted octanol–water partition coefficient (Wildman–Crippen LogP) is 0.671. The lowest BCUT2D eigenvalue weighted by Gasteiger charge is -2.22. The van der Waals surface area contributed by atoms with Gasteiger partial charge in [0.25, 0.3) is 0 Å². The van der Waals surface area contributed by atoms with Crippen LogP contribution in [0.25, 0.3) is 0 Å². The summed E-state index contributed by atoms with van der Waals surface area (Å²) in [7, 11) is 0. The van der Waals surface area contributed by atoms with Crippen LogP contribution < -0.4 is 10.6 Å². The lowest BCUT2D eigenvalue weighted by molar-refractivity contribution is -0.124. The average Bonchev–Trinajstić information content (AvgIpc) is 2.84. The van der Waals surface area contributed by atoms with Crippen molar-refractivity contribution in [1.82, 2.24) is 10.6 Å². The largest absolute Gasteiger partial charge is 0.378 e. The van der Waals surface area contributed by atoms with Crippen molar-refractivity contribution in [3.63, 3.8) is 0 Å². The van der Waals surface area contributed by atoms with E-state index in [0.29, 0.717) is 6.10 Å². The van der Waals surface area contributed by atoms with Gasteiger partial charge in [-0.3, -0.25) is 4.79 Å². The van der Waals surface area contributed by atoms with E-state index >= 15 is 0 Å². The number of carbonyl (C=O) groups is 1. The summed E-state index contributed by atoms with van der Waals surface area (Å²) >= 11 is 0. The minimum atomic E-state index is 0.187. The van der Waals surface area contributed by atoms with Gasteiger partial charge >= 0.3 is 0 Å². The molecule has 0 aromatic carbocycles. The van der Waals surface area contributed by atoms with Gasteiger partial charge in [0, 0.05) is 19.7 Å². The molecule has 2 heterocycles. The van der Waals surface area contributed by atoms with Gasteiger partial charge in [0.05, 0.1) is 12.0 Å². The molecule has 0 aromatic heterocycles. The Kier molecular flexibility index (Phi) is 4.60. The fourth-order valence-corrected chi connectivity index (χ4v) is 2.41. The Morgan fingerprint density at radius 2 is 2.31 bits per heavy atom. The smallest absolute Gasteiger partial charge is 0.224 e. The van der Waals surface area contributed by atoms with E-state index in [1.807, 2.05) is 0 Å². The van der Waals surface area contributed by atoms with Crippen LogP contribution in [0.2, 0.25) is 0 Å². The molecule has 2 N–H and O–H groups in total. The Balaban J connectivity index is 1.57. The minimum Gasteiger partial charge on any atom is -0.378 e. The molecule has 1 amide bonds. The molecule has 4 nitrogen and oxygen atoms in total. The predicted molar refractivity (Wildman–Crippen MR) is 62.2 cm³/mol. The van der Waals surface area contributed by atoms with Gasteiger partial charge in [0.1, 0.15) is 0 Å². The molecule has 2 fully saturated rings. The van der Waals surface area contributed by atoms with E-state index in [0.717, 1.165) is 45.5 Å². The second kappa shape index (κ2) is 6.21. The highest BCUT2D eigenvalue weighted by Crippen LogP contribution is 2.15. The Labute approximate surface area is 97.1 Å². The van der Waals surface area contributed by atoms with E-state index in [1.165, 1.54) is 12.8 Å². The Morgan fingerprint density at radius 3 is 3.00 bits per heavy atom. The second-order valence-electron chi connectivity index (χ2n) is 4.76. The van der Waals surface area contributed by atoms with Gasteiger partial charge in [-0.25, -0.2) is 0 Å². The first-order valence-electron chi connectivity index (χ1n) is 6.46. The molecule has 2 aliphatic rings. The first-order chi connectivity index (χ1) is 7.86. The molecule has 2 atom stereocenters. The third kappa shape index (κ3) is 3.46. The van der Waals surface area contributed by atoms with Crippen LogP contribution in [0.15, 0.2) is 0 Å². The standard InChI is InChI=1S/C12H22N2O2/c15-12(10-4-6-13-9-10)14-7-5-11-3-1-2-8-16-11/h10-11,13H,1-9H2,(H,14,15). The number of rotatable bonds is 4. The maximum absolute atomic E-state index is 11.7. The lowest BCUT2D eigenvalue weighted by Crippen LogP contribution is -2.34. The lowest BCUT2D eigenvalue weighted by atomic mass is 10.1. The quantitative estimate of drug-likeness (QED) is 0.741. The molecule has 2 unspecified atom stereocenters. The Hall–Kier alpha value is -0.610. The van der Waals surface area contributed by atoms with E-state index in [4.69, 9.17) is 4.74 Å². The number of carbonyl (C=O) groups excluding carboxylic acids is 1. The normalized spacial score (nSPS) is 30.2. The molecule has 92 valence electrons. The van der Waals surface area contributed by atoms with Crippen LogP contribution in [-0.2, 0) is 9.53 Å². The van der Waals surface area contributed by atoms with Crippen LogP contribution in [0.3, 0.4) is 0 Å². The van der Waals surface area contributed by atoms with E-state index in [1.54, 1.807) is 0 Å². The molecule has 2 rings (SSSR count). The molecule has 2 saturated heterocycles. The van der Waals surface area contributed by atoms with E-state index in [2.05, 4.69) is 10.6 Å². The summed E-state index contributed by atoms with van der Waals surface area (Å²) in [4.78, 5) is 11.7. The van der Waals surface area contributed by atoms with Gasteiger partial charge in [0.15, 0.2) is 0 Å². The molecule has 0 aliphatic carbocycles. The molecular weight excluding hydrogens is 204 g/mol. The second-order valence-corrected chi connectivity index (χ2v) is 4.76. The van der Waals surface area contributed by atoms with Crippen LogP contribution in [0.5, 0.6) is 0 Å². The number of nitrogens with one attached hydrogen (secondary N) is 2. The van der Waals surface area contributed by atoms with Crippen molar-refractivity contribution in [2.24, 2.45) is 5.92 Å². The minimum absolute atomic E-state index is 0.187. The van der Waals surface area contributed by atoms with Crippen molar-refractivity contribution >= 4 is 5.91 Å². The van der Waals surface area contributed by atoms with Crippen LogP contribution in [0.4, 0.5) is 0 Å². The number of hydrogen-bond acceptors (Lipinski definition) is 3. The molecule has 4 heteroatoms. The van der Waals surface area contributed by atoms with E-state index in [9.17, 15) is 4.79 Å². The van der Waals surface area contributed by atoms with Crippen LogP contribution in [-0.4, -0.2) is 38.3 Å². The van der Waals surface area contributed by atoms with Gasteiger partial charge in [-0.2, -0.15) is 0 Å². The zero-order valence-corrected chi connectivity index (χ0v) is 9.84. The van der Waals surface area contributed by atoms with Crippen molar-refractivity contribution in [1.29, 1.82) is 0 Å². The Bertz CT molecular complexity index is 221. The molecule has 16 heavy (non-hydrogen) atoms. The van der Waals surface area contributed by atoms with Gasteiger partial charge < -0.3 is 15.4 Å². The third-order valence-electron chi connectivity index (χ3n) is 3.47. The van der Waals surface area contributed by atoms with E-state index < -0.39 is 0 Å². The van der Waals surface area contributed by atoms with Crippen molar-refractivity contribution in [2.75, 3.05) is 26.2 Å². The Morgan fingerprint density at radius 1 is 1.38 bits per heavy atom.